The zero-order valence-electron chi connectivity index (χ0n) is 16.8. The summed E-state index contributed by atoms with van der Waals surface area (Å²) in [6.07, 6.45) is 8.65. The minimum atomic E-state index is -0.468. The van der Waals surface area contributed by atoms with Gasteiger partial charge in [0, 0.05) is 25.4 Å². The maximum absolute atomic E-state index is 13.3. The summed E-state index contributed by atoms with van der Waals surface area (Å²) in [5.74, 6) is 0.00818. The van der Waals surface area contributed by atoms with Crippen molar-refractivity contribution in [3.63, 3.8) is 0 Å². The number of carbonyl (C=O) groups is 1. The molecule has 1 fully saturated rings. The highest BCUT2D eigenvalue weighted by molar-refractivity contribution is 5.94. The topological polar surface area (TPSA) is 99.1 Å². The first-order valence-electron chi connectivity index (χ1n) is 10.1. The molecule has 9 nitrogen and oxygen atoms in total. The summed E-state index contributed by atoms with van der Waals surface area (Å²) in [6.45, 7) is 1.13. The van der Waals surface area contributed by atoms with Crippen molar-refractivity contribution in [2.45, 2.75) is 38.3 Å². The summed E-state index contributed by atoms with van der Waals surface area (Å²) in [6, 6.07) is 9.35. The highest BCUT2D eigenvalue weighted by atomic mass is 16.6. The Hall–Kier alpha value is -3.49. The average Bonchev–Trinajstić information content (AvgIpc) is 3.31. The van der Waals surface area contributed by atoms with Crippen LogP contribution in [0.1, 0.15) is 53.3 Å². The van der Waals surface area contributed by atoms with Gasteiger partial charge in [-0.1, -0.05) is 25.0 Å². The van der Waals surface area contributed by atoms with Crippen LogP contribution in [0.3, 0.4) is 0 Å². The maximum atomic E-state index is 13.3. The van der Waals surface area contributed by atoms with Gasteiger partial charge in [0.2, 0.25) is 0 Å². The van der Waals surface area contributed by atoms with E-state index in [0.717, 1.165) is 43.5 Å². The molecule has 156 valence electrons. The van der Waals surface area contributed by atoms with E-state index in [1.54, 1.807) is 4.68 Å². The lowest BCUT2D eigenvalue weighted by molar-refractivity contribution is -0.385. The Morgan fingerprint density at radius 3 is 2.67 bits per heavy atom. The van der Waals surface area contributed by atoms with Crippen molar-refractivity contribution in [1.82, 2.24) is 24.5 Å². The van der Waals surface area contributed by atoms with Crippen LogP contribution in [-0.2, 0) is 13.6 Å². The Balaban J connectivity index is 1.50. The molecule has 1 amide bonds. The lowest BCUT2D eigenvalue weighted by Crippen LogP contribution is -2.35. The number of aryl methyl sites for hydroxylation is 1. The van der Waals surface area contributed by atoms with Gasteiger partial charge in [0.25, 0.3) is 5.91 Å². The summed E-state index contributed by atoms with van der Waals surface area (Å²) >= 11 is 0. The van der Waals surface area contributed by atoms with Crippen LogP contribution < -0.4 is 0 Å². The van der Waals surface area contributed by atoms with Crippen LogP contribution in [-0.4, -0.2) is 41.8 Å². The van der Waals surface area contributed by atoms with E-state index in [2.05, 4.69) is 10.2 Å². The van der Waals surface area contributed by atoms with Crippen LogP contribution in [0.2, 0.25) is 0 Å². The molecule has 3 heterocycles. The molecular formula is C21H24N6O3. The molecular weight excluding hydrogens is 384 g/mol. The number of benzene rings is 1. The number of likely N-dealkylation sites (tertiary alicyclic amines) is 1. The van der Waals surface area contributed by atoms with E-state index in [4.69, 9.17) is 0 Å². The van der Waals surface area contributed by atoms with Crippen molar-refractivity contribution in [2.24, 2.45) is 7.05 Å². The summed E-state index contributed by atoms with van der Waals surface area (Å²) < 4.78 is 3.29. The fraction of sp³-hybridized carbons (Fsp3) is 0.381. The van der Waals surface area contributed by atoms with Gasteiger partial charge >= 0.3 is 5.69 Å². The molecule has 0 N–H and O–H groups in total. The molecule has 1 aliphatic rings. The Labute approximate surface area is 174 Å². The quantitative estimate of drug-likeness (QED) is 0.476. The first-order chi connectivity index (χ1) is 14.5. The lowest BCUT2D eigenvalue weighted by Gasteiger charge is -2.29. The number of rotatable bonds is 5. The van der Waals surface area contributed by atoms with Gasteiger partial charge in [0.05, 0.1) is 23.2 Å². The van der Waals surface area contributed by atoms with Gasteiger partial charge < -0.3 is 4.90 Å². The first-order valence-corrected chi connectivity index (χ1v) is 10.1. The zero-order valence-corrected chi connectivity index (χ0v) is 16.8. The van der Waals surface area contributed by atoms with Gasteiger partial charge in [0.1, 0.15) is 12.4 Å². The Bertz CT molecular complexity index is 1040. The van der Waals surface area contributed by atoms with Crippen LogP contribution >= 0.6 is 0 Å². The molecule has 3 aromatic rings. The number of hydrogen-bond donors (Lipinski definition) is 0. The van der Waals surface area contributed by atoms with Crippen LogP contribution in [0.5, 0.6) is 0 Å². The average molecular weight is 408 g/mol. The molecule has 1 saturated heterocycles. The summed E-state index contributed by atoms with van der Waals surface area (Å²) in [4.78, 5) is 25.6. The van der Waals surface area contributed by atoms with Crippen LogP contribution in [0, 0.1) is 10.1 Å². The Morgan fingerprint density at radius 2 is 2.00 bits per heavy atom. The molecule has 0 bridgehead atoms. The SMILES string of the molecule is Cn1ccc([C@H]2CCCCCN2C(=O)c2ccc(Cn3cc([N+](=O)[O-])cn3)cc2)n1. The molecule has 1 atom stereocenters. The molecule has 30 heavy (non-hydrogen) atoms. The fourth-order valence-corrected chi connectivity index (χ4v) is 3.91. The molecule has 0 spiro atoms. The molecule has 0 radical (unpaired) electrons. The molecule has 4 rings (SSSR count). The second kappa shape index (κ2) is 8.48. The standard InChI is InChI=1S/C21H24N6O3/c1-24-12-10-19(23-24)20-5-3-2-4-11-26(20)21(28)17-8-6-16(7-9-17)14-25-15-18(13-22-25)27(29)30/h6-10,12-13,15,20H,2-5,11,14H2,1H3/t20-/m1/s1. The number of aromatic nitrogens is 4. The first kappa shape index (κ1) is 19.8. The van der Waals surface area contributed by atoms with Gasteiger partial charge in [-0.2, -0.15) is 10.2 Å². The second-order valence-corrected chi connectivity index (χ2v) is 7.63. The van der Waals surface area contributed by atoms with Gasteiger partial charge in [0.15, 0.2) is 0 Å². The van der Waals surface area contributed by atoms with Crippen LogP contribution in [0.4, 0.5) is 5.69 Å². The van der Waals surface area contributed by atoms with Crippen molar-refractivity contribution >= 4 is 11.6 Å². The Morgan fingerprint density at radius 1 is 1.20 bits per heavy atom. The summed E-state index contributed by atoms with van der Waals surface area (Å²) in [5.41, 5.74) is 2.45. The van der Waals surface area contributed by atoms with Gasteiger partial charge in [-0.25, -0.2) is 0 Å². The normalized spacial score (nSPS) is 17.0. The molecule has 0 unspecified atom stereocenters. The largest absolute Gasteiger partial charge is 0.330 e. The molecule has 1 aliphatic heterocycles. The van der Waals surface area contributed by atoms with Crippen molar-refractivity contribution < 1.29 is 9.72 Å². The van der Waals surface area contributed by atoms with E-state index in [1.807, 2.05) is 48.5 Å². The van der Waals surface area contributed by atoms with Crippen molar-refractivity contribution in [3.05, 3.63) is 75.9 Å². The maximum Gasteiger partial charge on any atom is 0.307 e. The van der Waals surface area contributed by atoms with Gasteiger partial charge in [-0.15, -0.1) is 0 Å². The van der Waals surface area contributed by atoms with Crippen molar-refractivity contribution in [1.29, 1.82) is 0 Å². The number of hydrogen-bond acceptors (Lipinski definition) is 5. The predicted octanol–water partition coefficient (Wildman–Crippen LogP) is 3.33. The molecule has 9 heteroatoms. The number of amides is 1. The molecule has 0 saturated carbocycles. The molecule has 1 aromatic carbocycles. The smallest absolute Gasteiger partial charge is 0.307 e. The number of nitrogens with zero attached hydrogens (tertiary/aromatic N) is 6. The second-order valence-electron chi connectivity index (χ2n) is 7.63. The third-order valence-corrected chi connectivity index (χ3v) is 5.47. The number of carbonyl (C=O) groups excluding carboxylic acids is 1. The van der Waals surface area contributed by atoms with E-state index < -0.39 is 4.92 Å². The Kier molecular flexibility index (Phi) is 5.60. The molecule has 0 aliphatic carbocycles. The summed E-state index contributed by atoms with van der Waals surface area (Å²) in [5, 5.41) is 19.3. The number of nitro groups is 1. The van der Waals surface area contributed by atoms with Gasteiger partial charge in [-0.3, -0.25) is 24.3 Å². The van der Waals surface area contributed by atoms with E-state index in [-0.39, 0.29) is 17.6 Å². The van der Waals surface area contributed by atoms with E-state index in [9.17, 15) is 14.9 Å². The van der Waals surface area contributed by atoms with Gasteiger partial charge in [-0.05, 0) is 36.6 Å². The van der Waals surface area contributed by atoms with Crippen molar-refractivity contribution in [3.8, 4) is 0 Å². The fourth-order valence-electron chi connectivity index (χ4n) is 3.91. The minimum Gasteiger partial charge on any atom is -0.330 e. The monoisotopic (exact) mass is 408 g/mol. The van der Waals surface area contributed by atoms with Crippen LogP contribution in [0.25, 0.3) is 0 Å². The molecule has 2 aromatic heterocycles. The predicted molar refractivity (Wildman–Crippen MR) is 110 cm³/mol. The van der Waals surface area contributed by atoms with E-state index in [0.29, 0.717) is 12.1 Å². The third kappa shape index (κ3) is 4.24. The zero-order chi connectivity index (χ0) is 21.1. The minimum absolute atomic E-state index is 0.00818. The highest BCUT2D eigenvalue weighted by Gasteiger charge is 2.29. The lowest BCUT2D eigenvalue weighted by atomic mass is 10.0. The van der Waals surface area contributed by atoms with E-state index >= 15 is 0 Å². The van der Waals surface area contributed by atoms with Crippen LogP contribution in [0.15, 0.2) is 48.9 Å². The highest BCUT2D eigenvalue weighted by Crippen LogP contribution is 2.30. The van der Waals surface area contributed by atoms with Crippen molar-refractivity contribution in [2.75, 3.05) is 6.54 Å². The third-order valence-electron chi connectivity index (χ3n) is 5.47. The summed E-state index contributed by atoms with van der Waals surface area (Å²) in [7, 11) is 1.89. The van der Waals surface area contributed by atoms with E-state index in [1.165, 1.54) is 17.1 Å².